The van der Waals surface area contributed by atoms with Crippen molar-refractivity contribution in [1.82, 2.24) is 9.72 Å². The Morgan fingerprint density at radius 1 is 1.22 bits per heavy atom. The van der Waals surface area contributed by atoms with Crippen LogP contribution in [-0.4, -0.2) is 26.7 Å². The number of carbonyl (C=O) groups excluding carboxylic acids is 1. The van der Waals surface area contributed by atoms with Crippen molar-refractivity contribution in [1.29, 1.82) is 0 Å². The molecule has 0 spiro atoms. The van der Waals surface area contributed by atoms with Crippen LogP contribution in [0.15, 0.2) is 51.9 Å². The Morgan fingerprint density at radius 3 is 2.59 bits per heavy atom. The fraction of sp³-hybridized carbons (Fsp3) is 0.111. The van der Waals surface area contributed by atoms with Crippen LogP contribution in [-0.2, 0) is 11.3 Å². The molecule has 2 aromatic heterocycles. The van der Waals surface area contributed by atoms with Crippen LogP contribution in [0, 0.1) is 12.7 Å². The van der Waals surface area contributed by atoms with E-state index in [1.807, 2.05) is 0 Å². The van der Waals surface area contributed by atoms with Crippen molar-refractivity contribution < 1.29 is 23.6 Å². The van der Waals surface area contributed by atoms with Gasteiger partial charge in [0.1, 0.15) is 29.4 Å². The molecule has 0 aliphatic rings. The molecule has 0 aliphatic heterocycles. The molecule has 27 heavy (non-hydrogen) atoms. The highest BCUT2D eigenvalue weighted by Crippen LogP contribution is 2.26. The van der Waals surface area contributed by atoms with Crippen LogP contribution in [0.4, 0.5) is 10.1 Å². The van der Waals surface area contributed by atoms with E-state index in [-0.39, 0.29) is 22.7 Å². The number of rotatable bonds is 5. The summed E-state index contributed by atoms with van der Waals surface area (Å²) >= 11 is 0. The van der Waals surface area contributed by atoms with Gasteiger partial charge in [-0.2, -0.15) is 0 Å². The lowest BCUT2D eigenvalue weighted by Gasteiger charge is -2.08. The summed E-state index contributed by atoms with van der Waals surface area (Å²) in [6, 6.07) is 7.93. The van der Waals surface area contributed by atoms with Gasteiger partial charge in [-0.05, 0) is 37.3 Å². The van der Waals surface area contributed by atoms with E-state index in [1.54, 1.807) is 6.92 Å². The van der Waals surface area contributed by atoms with Gasteiger partial charge in [-0.1, -0.05) is 5.16 Å². The van der Waals surface area contributed by atoms with E-state index in [4.69, 9.17) is 9.63 Å². The number of carbonyl (C=O) groups is 2. The molecule has 1 aromatic carbocycles. The van der Waals surface area contributed by atoms with Crippen molar-refractivity contribution in [2.45, 2.75) is 13.5 Å². The minimum atomic E-state index is -1.19. The molecule has 8 nitrogen and oxygen atoms in total. The van der Waals surface area contributed by atoms with Gasteiger partial charge in [0.05, 0.1) is 5.69 Å². The number of hydrogen-bond donors (Lipinski definition) is 2. The summed E-state index contributed by atoms with van der Waals surface area (Å²) < 4.78 is 19.2. The monoisotopic (exact) mass is 371 g/mol. The number of hydrogen-bond acceptors (Lipinski definition) is 5. The molecule has 0 radical (unpaired) electrons. The molecule has 0 saturated carbocycles. The molecule has 2 N–H and O–H groups in total. The Kier molecular flexibility index (Phi) is 4.84. The zero-order valence-electron chi connectivity index (χ0n) is 14.1. The largest absolute Gasteiger partial charge is 0.480 e. The highest BCUT2D eigenvalue weighted by atomic mass is 19.1. The SMILES string of the molecule is Cc1onc(-c2ccc(F)cc2)c1C(=O)Nc1ccc(=O)n(CC(=O)O)c1. The average molecular weight is 371 g/mol. The first kappa shape index (κ1) is 18.1. The van der Waals surface area contributed by atoms with E-state index >= 15 is 0 Å². The second-order valence-corrected chi connectivity index (χ2v) is 5.70. The topological polar surface area (TPSA) is 114 Å². The second-order valence-electron chi connectivity index (χ2n) is 5.70. The number of anilines is 1. The number of benzene rings is 1. The Bertz CT molecular complexity index is 1070. The molecule has 0 bridgehead atoms. The maximum Gasteiger partial charge on any atom is 0.323 e. The van der Waals surface area contributed by atoms with E-state index < -0.39 is 29.8 Å². The van der Waals surface area contributed by atoms with E-state index in [0.29, 0.717) is 5.56 Å². The fourth-order valence-electron chi connectivity index (χ4n) is 2.51. The highest BCUT2D eigenvalue weighted by Gasteiger charge is 2.22. The third-order valence-corrected chi connectivity index (χ3v) is 3.75. The predicted octanol–water partition coefficient (Wildman–Crippen LogP) is 2.29. The van der Waals surface area contributed by atoms with Crippen LogP contribution in [0.3, 0.4) is 0 Å². The van der Waals surface area contributed by atoms with Crippen LogP contribution in [0.1, 0.15) is 16.1 Å². The maximum atomic E-state index is 13.1. The summed E-state index contributed by atoms with van der Waals surface area (Å²) in [6.07, 6.45) is 1.23. The first-order valence-electron chi connectivity index (χ1n) is 7.81. The first-order chi connectivity index (χ1) is 12.8. The summed E-state index contributed by atoms with van der Waals surface area (Å²) in [5, 5.41) is 15.3. The molecule has 0 unspecified atom stereocenters. The minimum absolute atomic E-state index is 0.151. The Hall–Kier alpha value is -3.75. The predicted molar refractivity (Wildman–Crippen MR) is 92.9 cm³/mol. The summed E-state index contributed by atoms with van der Waals surface area (Å²) in [7, 11) is 0. The zero-order valence-corrected chi connectivity index (χ0v) is 14.1. The molecule has 0 saturated heterocycles. The number of aryl methyl sites for hydroxylation is 1. The lowest BCUT2D eigenvalue weighted by atomic mass is 10.1. The maximum absolute atomic E-state index is 13.1. The van der Waals surface area contributed by atoms with Gasteiger partial charge < -0.3 is 19.5 Å². The number of carboxylic acids is 1. The van der Waals surface area contributed by atoms with Crippen molar-refractivity contribution in [3.05, 3.63) is 70.1 Å². The average Bonchev–Trinajstić information content (AvgIpc) is 3.00. The van der Waals surface area contributed by atoms with Gasteiger partial charge in [0.15, 0.2) is 0 Å². The van der Waals surface area contributed by atoms with Gasteiger partial charge in [-0.15, -0.1) is 0 Å². The first-order valence-corrected chi connectivity index (χ1v) is 7.81. The summed E-state index contributed by atoms with van der Waals surface area (Å²) in [5.41, 5.74) is 0.603. The number of nitrogens with one attached hydrogen (secondary N) is 1. The third kappa shape index (κ3) is 3.92. The summed E-state index contributed by atoms with van der Waals surface area (Å²) in [6.45, 7) is 1.02. The van der Waals surface area contributed by atoms with Crippen LogP contribution in [0.25, 0.3) is 11.3 Å². The molecular weight excluding hydrogens is 357 g/mol. The molecule has 0 atom stereocenters. The van der Waals surface area contributed by atoms with Crippen LogP contribution in [0.5, 0.6) is 0 Å². The van der Waals surface area contributed by atoms with Crippen molar-refractivity contribution in [3.8, 4) is 11.3 Å². The van der Waals surface area contributed by atoms with Gasteiger partial charge in [0.25, 0.3) is 11.5 Å². The number of pyridine rings is 1. The molecule has 138 valence electrons. The zero-order chi connectivity index (χ0) is 19.6. The molecule has 1 amide bonds. The smallest absolute Gasteiger partial charge is 0.323 e. The molecule has 0 fully saturated rings. The lowest BCUT2D eigenvalue weighted by molar-refractivity contribution is -0.137. The van der Waals surface area contributed by atoms with Gasteiger partial charge in [-0.25, -0.2) is 4.39 Å². The van der Waals surface area contributed by atoms with E-state index in [0.717, 1.165) is 10.6 Å². The molecular formula is C18H14FN3O5. The molecule has 3 rings (SSSR count). The third-order valence-electron chi connectivity index (χ3n) is 3.75. The standard InChI is InChI=1S/C18H14FN3O5/c1-10-16(17(21-27-10)11-2-4-12(19)5-3-11)18(26)20-13-6-7-14(23)22(8-13)9-15(24)25/h2-8H,9H2,1H3,(H,20,26)(H,24,25). The van der Waals surface area contributed by atoms with Crippen LogP contribution < -0.4 is 10.9 Å². The molecule has 9 heteroatoms. The number of aliphatic carboxylic acids is 1. The number of aromatic nitrogens is 2. The van der Waals surface area contributed by atoms with E-state index in [1.165, 1.54) is 36.5 Å². The van der Waals surface area contributed by atoms with Gasteiger partial charge >= 0.3 is 5.97 Å². The van der Waals surface area contributed by atoms with Crippen molar-refractivity contribution in [2.24, 2.45) is 0 Å². The minimum Gasteiger partial charge on any atom is -0.480 e. The number of amides is 1. The Balaban J connectivity index is 1.91. The van der Waals surface area contributed by atoms with Crippen molar-refractivity contribution in [2.75, 3.05) is 5.32 Å². The van der Waals surface area contributed by atoms with Gasteiger partial charge in [0.2, 0.25) is 0 Å². The Labute approximate surface area is 151 Å². The highest BCUT2D eigenvalue weighted by molar-refractivity contribution is 6.08. The summed E-state index contributed by atoms with van der Waals surface area (Å²) in [4.78, 5) is 35.2. The molecule has 0 aliphatic carbocycles. The van der Waals surface area contributed by atoms with Crippen LogP contribution >= 0.6 is 0 Å². The van der Waals surface area contributed by atoms with Gasteiger partial charge in [0, 0.05) is 17.8 Å². The number of nitrogens with zero attached hydrogens (tertiary/aromatic N) is 2. The van der Waals surface area contributed by atoms with Crippen molar-refractivity contribution >= 4 is 17.6 Å². The second kappa shape index (κ2) is 7.24. The number of halogens is 1. The summed E-state index contributed by atoms with van der Waals surface area (Å²) in [5.74, 6) is -1.92. The van der Waals surface area contributed by atoms with Crippen LogP contribution in [0.2, 0.25) is 0 Å². The van der Waals surface area contributed by atoms with E-state index in [9.17, 15) is 18.8 Å². The molecule has 3 aromatic rings. The quantitative estimate of drug-likeness (QED) is 0.711. The van der Waals surface area contributed by atoms with Crippen molar-refractivity contribution in [3.63, 3.8) is 0 Å². The number of carboxylic acid groups (broad SMARTS) is 1. The van der Waals surface area contributed by atoms with Gasteiger partial charge in [-0.3, -0.25) is 14.4 Å². The molecule has 2 heterocycles. The normalized spacial score (nSPS) is 10.6. The van der Waals surface area contributed by atoms with E-state index in [2.05, 4.69) is 10.5 Å². The Morgan fingerprint density at radius 2 is 1.93 bits per heavy atom. The fourth-order valence-corrected chi connectivity index (χ4v) is 2.51. The lowest BCUT2D eigenvalue weighted by Crippen LogP contribution is -2.24.